The topological polar surface area (TPSA) is 210 Å². The van der Waals surface area contributed by atoms with Crippen LogP contribution in [-0.4, -0.2) is 91.4 Å². The molecular formula is C49H80O16. The van der Waals surface area contributed by atoms with Crippen LogP contribution in [0, 0.1) is 18.3 Å². The lowest BCUT2D eigenvalue weighted by molar-refractivity contribution is -0.144. The molecule has 0 radical (unpaired) electrons. The normalized spacial score (nSPS) is 9.38. The van der Waals surface area contributed by atoms with E-state index in [0.29, 0.717) is 74.2 Å². The molecule has 0 bridgehead atoms. The number of benzene rings is 2. The number of unbranched alkanes of at least 4 members (excludes halogenated alkanes) is 3. The van der Waals surface area contributed by atoms with Crippen molar-refractivity contribution in [1.29, 1.82) is 0 Å². The van der Waals surface area contributed by atoms with Gasteiger partial charge in [0.2, 0.25) is 0 Å². The van der Waals surface area contributed by atoms with Crippen LogP contribution in [0.15, 0.2) is 36.4 Å². The van der Waals surface area contributed by atoms with Gasteiger partial charge in [-0.2, -0.15) is 0 Å². The maximum Gasteiger partial charge on any atom is 0.338 e. The van der Waals surface area contributed by atoms with E-state index >= 15 is 0 Å². The van der Waals surface area contributed by atoms with Crippen LogP contribution in [0.1, 0.15) is 168 Å². The summed E-state index contributed by atoms with van der Waals surface area (Å²) < 4.78 is 36.7. The summed E-state index contributed by atoms with van der Waals surface area (Å²) in [7, 11) is 5.26. The Hall–Kier alpha value is -5.80. The highest BCUT2D eigenvalue weighted by Gasteiger charge is 2.29. The molecule has 0 spiro atoms. The minimum Gasteiger partial charge on any atom is -0.469 e. The third-order valence-electron chi connectivity index (χ3n) is 8.76. The molecule has 2 aromatic rings. The quantitative estimate of drug-likeness (QED) is 0.0439. The zero-order valence-electron chi connectivity index (χ0n) is 40.6. The van der Waals surface area contributed by atoms with Crippen molar-refractivity contribution in [2.45, 2.75) is 141 Å². The van der Waals surface area contributed by atoms with Gasteiger partial charge in [-0.3, -0.25) is 24.0 Å². The number of rotatable bonds is 23. The molecule has 0 aromatic heterocycles. The van der Waals surface area contributed by atoms with Gasteiger partial charge in [0.1, 0.15) is 13.2 Å². The molecule has 16 heteroatoms. The molecule has 0 fully saturated rings. The van der Waals surface area contributed by atoms with Gasteiger partial charge >= 0.3 is 23.9 Å². The van der Waals surface area contributed by atoms with Crippen molar-refractivity contribution in [2.75, 3.05) is 41.7 Å². The Bertz CT molecular complexity index is 1510. The molecule has 0 atom stereocenters. The van der Waals surface area contributed by atoms with E-state index in [1.54, 1.807) is 19.1 Å². The van der Waals surface area contributed by atoms with E-state index in [4.69, 9.17) is 0 Å². The fourth-order valence-corrected chi connectivity index (χ4v) is 4.88. The first kappa shape index (κ1) is 68.3. The van der Waals surface area contributed by atoms with E-state index in [2.05, 4.69) is 72.5 Å². The third kappa shape index (κ3) is 36.3. The fraction of sp³-hybridized carbons (Fsp3) is 0.592. The van der Waals surface area contributed by atoms with E-state index in [1.807, 2.05) is 20.8 Å². The smallest absolute Gasteiger partial charge is 0.338 e. The van der Waals surface area contributed by atoms with E-state index < -0.39 is 17.9 Å². The van der Waals surface area contributed by atoms with Gasteiger partial charge in [0, 0.05) is 5.56 Å². The van der Waals surface area contributed by atoms with Gasteiger partial charge in [0.15, 0.2) is 0 Å². The Kier molecular flexibility index (Phi) is 48.5. The second kappa shape index (κ2) is 46.2. The fourth-order valence-electron chi connectivity index (χ4n) is 4.88. The van der Waals surface area contributed by atoms with Gasteiger partial charge < -0.3 is 37.9 Å². The first-order valence-electron chi connectivity index (χ1n) is 21.3. The van der Waals surface area contributed by atoms with Crippen LogP contribution in [0.3, 0.4) is 0 Å². The van der Waals surface area contributed by atoms with Gasteiger partial charge in [-0.25, -0.2) is 14.4 Å². The maximum absolute atomic E-state index is 11.6. The summed E-state index contributed by atoms with van der Waals surface area (Å²) in [5, 5.41) is 0. The molecule has 0 amide bonds. The number of carbonyl (C=O) groups is 8. The number of aryl methyl sites for hydroxylation is 1. The standard InChI is InChI=1S/C13H14O6.C11H20O4.C10H10O4.C5H10O2.C5H12.C4H10.CH4/c1-9-3-12(13(16)17-2)11(6-19-8-15)4-10(9)5-18-7-14;1-4-11(5-2,6-7-15-9-12)8-10(13)14-3;1-13-9(11)7-3-5-8(6-4-7)10(12)14-2;1-2-3-4-7-5-6;1-3-5-4-2;1-4(2)3;/h3-4,7-8H,5-6H2,1-2H3;9H,4-8H2,1-3H3;3-6H,1-2H3;5H,2-4H2,1H3;3-5H2,1-2H3;4H,1-3H3;1H4. The lowest BCUT2D eigenvalue weighted by Gasteiger charge is -2.29. The molecule has 2 aromatic carbocycles. The average molecular weight is 925 g/mol. The first-order chi connectivity index (χ1) is 30.5. The molecule has 0 N–H and O–H groups in total. The number of methoxy groups -OCH3 is 4. The van der Waals surface area contributed by atoms with Crippen molar-refractivity contribution in [3.05, 3.63) is 69.8 Å². The average Bonchev–Trinajstić information content (AvgIpc) is 3.30. The van der Waals surface area contributed by atoms with E-state index in [-0.39, 0.29) is 32.0 Å². The SMILES string of the molecule is C.CC(C)C.CCC(CC)(CCOC=O)CC(=O)OC.CCCCC.CCCCOC=O.COC(=O)c1cc(C)c(COC=O)cc1COC=O.COC(=O)c1ccc(C(=O)OC)cc1. The van der Waals surface area contributed by atoms with E-state index in [1.165, 1.54) is 72.0 Å². The van der Waals surface area contributed by atoms with Crippen molar-refractivity contribution in [3.8, 4) is 0 Å². The number of hydrogen-bond donors (Lipinski definition) is 0. The number of hydrogen-bond acceptors (Lipinski definition) is 16. The highest BCUT2D eigenvalue weighted by molar-refractivity contribution is 5.93. The second-order valence-electron chi connectivity index (χ2n) is 14.4. The van der Waals surface area contributed by atoms with E-state index in [9.17, 15) is 38.4 Å². The number of ether oxygens (including phenoxy) is 8. The lowest BCUT2D eigenvalue weighted by Crippen LogP contribution is -2.25. The van der Waals surface area contributed by atoms with Crippen LogP contribution in [0.5, 0.6) is 0 Å². The van der Waals surface area contributed by atoms with E-state index in [0.717, 1.165) is 42.7 Å². The highest BCUT2D eigenvalue weighted by Crippen LogP contribution is 2.34. The van der Waals surface area contributed by atoms with Crippen molar-refractivity contribution < 1.29 is 76.3 Å². The molecule has 0 unspecified atom stereocenters. The summed E-state index contributed by atoms with van der Waals surface area (Å²) in [5.74, 6) is -0.747. The van der Waals surface area contributed by atoms with Gasteiger partial charge in [0.25, 0.3) is 25.9 Å². The number of carbonyl (C=O) groups excluding carboxylic acids is 8. The summed E-state index contributed by atoms with van der Waals surface area (Å²) in [6, 6.07) is 9.31. The zero-order valence-corrected chi connectivity index (χ0v) is 40.6. The maximum atomic E-state index is 11.6. The Morgan fingerprint density at radius 3 is 1.31 bits per heavy atom. The Balaban J connectivity index is -0.000000237. The summed E-state index contributed by atoms with van der Waals surface area (Å²) in [5.41, 5.74) is 3.02. The van der Waals surface area contributed by atoms with Crippen LogP contribution >= 0.6 is 0 Å². The molecule has 2 rings (SSSR count). The molecule has 0 saturated carbocycles. The number of esters is 4. The third-order valence-corrected chi connectivity index (χ3v) is 8.76. The second-order valence-corrected chi connectivity index (χ2v) is 14.4. The summed E-state index contributed by atoms with van der Waals surface area (Å²) in [6.07, 6.45) is 8.97. The minimum atomic E-state index is -0.518. The predicted molar refractivity (Wildman–Crippen MR) is 249 cm³/mol. The van der Waals surface area contributed by atoms with Gasteiger partial charge in [-0.15, -0.1) is 0 Å². The molecule has 16 nitrogen and oxygen atoms in total. The molecule has 372 valence electrons. The molecule has 0 saturated heterocycles. The molecular weight excluding hydrogens is 845 g/mol. The first-order valence-corrected chi connectivity index (χ1v) is 21.3. The van der Waals surface area contributed by atoms with Gasteiger partial charge in [-0.1, -0.05) is 88.5 Å². The van der Waals surface area contributed by atoms with Crippen LogP contribution in [0.4, 0.5) is 0 Å². The van der Waals surface area contributed by atoms with Gasteiger partial charge in [-0.05, 0) is 91.5 Å². The highest BCUT2D eigenvalue weighted by atomic mass is 16.5. The molecule has 0 aliphatic carbocycles. The van der Waals surface area contributed by atoms with Crippen molar-refractivity contribution in [3.63, 3.8) is 0 Å². The Morgan fingerprint density at radius 1 is 0.569 bits per heavy atom. The largest absolute Gasteiger partial charge is 0.469 e. The lowest BCUT2D eigenvalue weighted by atomic mass is 9.76. The van der Waals surface area contributed by atoms with Crippen molar-refractivity contribution >= 4 is 49.8 Å². The summed E-state index contributed by atoms with van der Waals surface area (Å²) >= 11 is 0. The molecule has 0 aliphatic rings. The van der Waals surface area contributed by atoms with Crippen LogP contribution in [-0.2, 0) is 75.1 Å². The monoisotopic (exact) mass is 925 g/mol. The molecule has 0 heterocycles. The van der Waals surface area contributed by atoms with Crippen molar-refractivity contribution in [1.82, 2.24) is 0 Å². The molecule has 0 aliphatic heterocycles. The van der Waals surface area contributed by atoms with Gasteiger partial charge in [0.05, 0.1) is 64.8 Å². The summed E-state index contributed by atoms with van der Waals surface area (Å²) in [4.78, 5) is 84.9. The van der Waals surface area contributed by atoms with Crippen molar-refractivity contribution in [2.24, 2.45) is 11.3 Å². The van der Waals surface area contributed by atoms with Crippen LogP contribution < -0.4 is 0 Å². The zero-order chi connectivity index (χ0) is 49.8. The molecule has 65 heavy (non-hydrogen) atoms. The Labute approximate surface area is 388 Å². The van der Waals surface area contributed by atoms with Crippen LogP contribution in [0.2, 0.25) is 0 Å². The summed E-state index contributed by atoms with van der Waals surface area (Å²) in [6.45, 7) is 21.3. The predicted octanol–water partition coefficient (Wildman–Crippen LogP) is 9.76. The Morgan fingerprint density at radius 2 is 0.969 bits per heavy atom. The minimum absolute atomic E-state index is 0. The van der Waals surface area contributed by atoms with Crippen LogP contribution in [0.25, 0.3) is 0 Å².